The van der Waals surface area contributed by atoms with Crippen molar-refractivity contribution in [2.24, 2.45) is 0 Å². The summed E-state index contributed by atoms with van der Waals surface area (Å²) in [6.07, 6.45) is -3.69. The molecule has 0 saturated heterocycles. The number of hydrogen-bond acceptors (Lipinski definition) is 5. The summed E-state index contributed by atoms with van der Waals surface area (Å²) in [5, 5.41) is 0.671. The predicted octanol–water partition coefficient (Wildman–Crippen LogP) is 6.80. The molecule has 0 atom stereocenters. The van der Waals surface area contributed by atoms with Gasteiger partial charge in [-0.1, -0.05) is 36.5 Å². The topological polar surface area (TPSA) is 56.5 Å². The molecule has 0 bridgehead atoms. The molecule has 0 N–H and O–H groups in total. The van der Waals surface area contributed by atoms with Gasteiger partial charge in [-0.05, 0) is 54.1 Å². The van der Waals surface area contributed by atoms with Crippen LogP contribution in [0.4, 0.5) is 13.2 Å². The summed E-state index contributed by atoms with van der Waals surface area (Å²) in [6.45, 7) is 0. The molecule has 3 aromatic carbocycles. The van der Waals surface area contributed by atoms with Crippen LogP contribution >= 0.6 is 12.2 Å². The van der Waals surface area contributed by atoms with Gasteiger partial charge in [0.05, 0.1) is 9.41 Å². The van der Waals surface area contributed by atoms with Crippen LogP contribution in [0.1, 0.15) is 0 Å². The number of sulfone groups is 1. The lowest BCUT2D eigenvalue weighted by atomic mass is 9.99. The van der Waals surface area contributed by atoms with E-state index in [1.165, 1.54) is 36.4 Å². The fourth-order valence-corrected chi connectivity index (χ4v) is 4.29. The van der Waals surface area contributed by atoms with Crippen molar-refractivity contribution < 1.29 is 30.7 Å². The van der Waals surface area contributed by atoms with Gasteiger partial charge in [0.15, 0.2) is 9.84 Å². The fraction of sp³-hybridized carbons (Fsp3) is 0.0870. The first-order chi connectivity index (χ1) is 15.0. The molecule has 164 valence electrons. The molecular formula is C23H15F3O4S2. The number of halogens is 3. The second-order valence-electron chi connectivity index (χ2n) is 7.00. The summed E-state index contributed by atoms with van der Waals surface area (Å²) in [6, 6.07) is 18.6. The highest BCUT2D eigenvalue weighted by atomic mass is 32.2. The van der Waals surface area contributed by atoms with Gasteiger partial charge in [-0.3, -0.25) is 0 Å². The fourth-order valence-electron chi connectivity index (χ4n) is 3.28. The third kappa shape index (κ3) is 4.53. The van der Waals surface area contributed by atoms with Gasteiger partial charge in [-0.2, -0.15) is 0 Å². The van der Waals surface area contributed by atoms with Crippen LogP contribution in [0.15, 0.2) is 82.1 Å². The lowest BCUT2D eigenvalue weighted by Gasteiger charge is -2.13. The van der Waals surface area contributed by atoms with E-state index in [0.717, 1.165) is 6.26 Å². The van der Waals surface area contributed by atoms with Crippen LogP contribution in [-0.4, -0.2) is 21.0 Å². The molecule has 4 rings (SSSR count). The van der Waals surface area contributed by atoms with Crippen LogP contribution in [0.25, 0.3) is 33.4 Å². The minimum absolute atomic E-state index is 0.149. The Morgan fingerprint density at radius 3 is 2.06 bits per heavy atom. The van der Waals surface area contributed by atoms with E-state index in [1.807, 2.05) is 0 Å². The Balaban J connectivity index is 1.91. The number of ether oxygens (including phenoxy) is 1. The third-order valence-electron chi connectivity index (χ3n) is 4.72. The number of para-hydroxylation sites is 1. The molecule has 0 aliphatic rings. The van der Waals surface area contributed by atoms with Crippen LogP contribution in [0, 0.1) is 4.51 Å². The van der Waals surface area contributed by atoms with E-state index in [2.05, 4.69) is 4.74 Å². The monoisotopic (exact) mass is 476 g/mol. The van der Waals surface area contributed by atoms with Gasteiger partial charge in [0.25, 0.3) is 0 Å². The van der Waals surface area contributed by atoms with Gasteiger partial charge >= 0.3 is 6.36 Å². The molecule has 0 radical (unpaired) electrons. The maximum Gasteiger partial charge on any atom is 0.573 e. The van der Waals surface area contributed by atoms with Crippen LogP contribution in [0.3, 0.4) is 0 Å². The van der Waals surface area contributed by atoms with Crippen molar-refractivity contribution in [2.45, 2.75) is 11.3 Å². The van der Waals surface area contributed by atoms with Crippen molar-refractivity contribution in [2.75, 3.05) is 6.26 Å². The zero-order chi connectivity index (χ0) is 23.1. The summed E-state index contributed by atoms with van der Waals surface area (Å²) < 4.78 is 71.6. The lowest BCUT2D eigenvalue weighted by molar-refractivity contribution is -0.274. The summed E-state index contributed by atoms with van der Waals surface area (Å²) in [4.78, 5) is 0.149. The second kappa shape index (κ2) is 8.07. The lowest BCUT2D eigenvalue weighted by Crippen LogP contribution is -2.16. The zero-order valence-electron chi connectivity index (χ0n) is 16.5. The van der Waals surface area contributed by atoms with Gasteiger partial charge in [0.1, 0.15) is 17.1 Å². The highest BCUT2D eigenvalue weighted by Gasteiger charge is 2.31. The molecule has 0 aliphatic heterocycles. The molecule has 0 unspecified atom stereocenters. The molecule has 32 heavy (non-hydrogen) atoms. The first-order valence-corrected chi connectivity index (χ1v) is 11.6. The number of fused-ring (bicyclic) bond motifs is 1. The maximum absolute atomic E-state index is 12.5. The number of rotatable bonds is 4. The Kier molecular flexibility index (Phi) is 5.56. The van der Waals surface area contributed by atoms with Crippen LogP contribution in [-0.2, 0) is 9.84 Å². The number of alkyl halides is 3. The molecule has 4 nitrogen and oxygen atoms in total. The Morgan fingerprint density at radius 2 is 1.47 bits per heavy atom. The predicted molar refractivity (Wildman–Crippen MR) is 118 cm³/mol. The first-order valence-electron chi connectivity index (χ1n) is 9.25. The average Bonchev–Trinajstić information content (AvgIpc) is 2.73. The molecule has 4 aromatic rings. The summed E-state index contributed by atoms with van der Waals surface area (Å²) in [7, 11) is -3.38. The van der Waals surface area contributed by atoms with Gasteiger partial charge in [-0.25, -0.2) is 8.42 Å². The second-order valence-corrected chi connectivity index (χ2v) is 9.42. The molecule has 0 saturated carbocycles. The molecule has 0 aliphatic carbocycles. The number of benzene rings is 3. The molecule has 9 heteroatoms. The Labute approximate surface area is 186 Å². The van der Waals surface area contributed by atoms with Crippen molar-refractivity contribution in [1.82, 2.24) is 0 Å². The minimum Gasteiger partial charge on any atom is -0.455 e. The first kappa shape index (κ1) is 22.0. The van der Waals surface area contributed by atoms with Gasteiger partial charge in [-0.15, -0.1) is 13.2 Å². The SMILES string of the molecule is CS(=O)(=O)c1ccc(-c2oc3ccccc3c(=S)c2-c2ccc(OC(F)(F)F)cc2)cc1. The van der Waals surface area contributed by atoms with Crippen molar-refractivity contribution in [1.29, 1.82) is 0 Å². The van der Waals surface area contributed by atoms with Crippen molar-refractivity contribution >= 4 is 33.0 Å². The number of hydrogen-bond donors (Lipinski definition) is 0. The molecule has 1 aromatic heterocycles. The Hall–Kier alpha value is -3.17. The van der Waals surface area contributed by atoms with Gasteiger partial charge in [0, 0.05) is 22.8 Å². The van der Waals surface area contributed by atoms with Gasteiger partial charge < -0.3 is 9.15 Å². The smallest absolute Gasteiger partial charge is 0.455 e. The minimum atomic E-state index is -4.80. The third-order valence-corrected chi connectivity index (χ3v) is 6.27. The van der Waals surface area contributed by atoms with E-state index < -0.39 is 16.2 Å². The van der Waals surface area contributed by atoms with E-state index in [-0.39, 0.29) is 10.6 Å². The quantitative estimate of drug-likeness (QED) is 0.303. The summed E-state index contributed by atoms with van der Waals surface area (Å²) >= 11 is 5.70. The maximum atomic E-state index is 12.5. The van der Waals surface area contributed by atoms with Crippen molar-refractivity contribution in [3.8, 4) is 28.2 Å². The van der Waals surface area contributed by atoms with Crippen LogP contribution in [0.2, 0.25) is 0 Å². The summed E-state index contributed by atoms with van der Waals surface area (Å²) in [5.74, 6) is 0.0159. The molecule has 1 heterocycles. The average molecular weight is 476 g/mol. The van der Waals surface area contributed by atoms with Crippen molar-refractivity contribution in [3.63, 3.8) is 0 Å². The highest BCUT2D eigenvalue weighted by Crippen LogP contribution is 2.38. The Bertz CT molecular complexity index is 1450. The van der Waals surface area contributed by atoms with E-state index in [4.69, 9.17) is 16.6 Å². The normalized spacial score (nSPS) is 12.1. The van der Waals surface area contributed by atoms with Crippen LogP contribution < -0.4 is 4.74 Å². The Morgan fingerprint density at radius 1 is 0.875 bits per heavy atom. The molecule has 0 fully saturated rings. The van der Waals surface area contributed by atoms with E-state index in [1.54, 1.807) is 36.4 Å². The zero-order valence-corrected chi connectivity index (χ0v) is 18.1. The van der Waals surface area contributed by atoms with E-state index in [0.29, 0.717) is 37.9 Å². The molecule has 0 spiro atoms. The highest BCUT2D eigenvalue weighted by molar-refractivity contribution is 7.90. The molecule has 0 amide bonds. The van der Waals surface area contributed by atoms with Crippen molar-refractivity contribution in [3.05, 3.63) is 77.3 Å². The van der Waals surface area contributed by atoms with Crippen LogP contribution in [0.5, 0.6) is 5.75 Å². The van der Waals surface area contributed by atoms with Gasteiger partial charge in [0.2, 0.25) is 0 Å². The van der Waals surface area contributed by atoms with E-state index in [9.17, 15) is 21.6 Å². The summed E-state index contributed by atoms with van der Waals surface area (Å²) in [5.41, 5.74) is 2.13. The van der Waals surface area contributed by atoms with E-state index >= 15 is 0 Å². The molecular weight excluding hydrogens is 461 g/mol. The standard InChI is InChI=1S/C23H15F3O4S2/c1-32(27,28)17-12-8-15(9-13-17)21-20(22(31)18-4-2-3-5-19(18)29-21)14-6-10-16(11-7-14)30-23(24,25)26/h2-13H,1H3. The largest absolute Gasteiger partial charge is 0.573 e.